The second-order valence-corrected chi connectivity index (χ2v) is 8.46. The van der Waals surface area contributed by atoms with E-state index in [2.05, 4.69) is 29.1 Å². The summed E-state index contributed by atoms with van der Waals surface area (Å²) in [6, 6.07) is 14.0. The summed E-state index contributed by atoms with van der Waals surface area (Å²) in [5, 5.41) is 3.30. The van der Waals surface area contributed by atoms with Gasteiger partial charge in [0.25, 0.3) is 5.91 Å². The molecule has 5 N–H and O–H groups in total. The number of pyridine rings is 1. The fourth-order valence-corrected chi connectivity index (χ4v) is 3.81. The summed E-state index contributed by atoms with van der Waals surface area (Å²) in [5.74, 6) is 0.553. The molecule has 4 rings (SSSR count). The number of anilines is 3. The summed E-state index contributed by atoms with van der Waals surface area (Å²) in [6.45, 7) is 5.70. The maximum atomic E-state index is 12.1. The Labute approximate surface area is 188 Å². The highest BCUT2D eigenvalue weighted by molar-refractivity contribution is 5.98. The number of piperidine rings is 1. The lowest BCUT2D eigenvalue weighted by Gasteiger charge is -2.31. The molecule has 1 aliphatic heterocycles. The van der Waals surface area contributed by atoms with E-state index in [0.717, 1.165) is 42.0 Å². The Kier molecular flexibility index (Phi) is 6.32. The van der Waals surface area contributed by atoms with E-state index >= 15 is 0 Å². The van der Waals surface area contributed by atoms with Crippen LogP contribution in [0.3, 0.4) is 0 Å². The number of rotatable bonds is 6. The first-order chi connectivity index (χ1) is 15.4. The van der Waals surface area contributed by atoms with Gasteiger partial charge in [0.05, 0.1) is 5.69 Å². The molecule has 8 heteroatoms. The Balaban J connectivity index is 1.73. The second kappa shape index (κ2) is 9.32. The third-order valence-electron chi connectivity index (χ3n) is 5.55. The Morgan fingerprint density at radius 2 is 1.97 bits per heavy atom. The van der Waals surface area contributed by atoms with Crippen LogP contribution in [-0.4, -0.2) is 40.0 Å². The molecular weight excluding hydrogens is 402 g/mol. The van der Waals surface area contributed by atoms with E-state index in [1.807, 2.05) is 47.4 Å². The topological polar surface area (TPSA) is 123 Å². The van der Waals surface area contributed by atoms with Gasteiger partial charge >= 0.3 is 0 Å². The van der Waals surface area contributed by atoms with Crippen LogP contribution in [0.2, 0.25) is 0 Å². The van der Waals surface area contributed by atoms with Crippen LogP contribution >= 0.6 is 0 Å². The maximum Gasteiger partial charge on any atom is 0.254 e. The summed E-state index contributed by atoms with van der Waals surface area (Å²) < 4.78 is 0. The predicted octanol–water partition coefficient (Wildman–Crippen LogP) is 3.43. The van der Waals surface area contributed by atoms with Gasteiger partial charge in [-0.1, -0.05) is 44.2 Å². The summed E-state index contributed by atoms with van der Waals surface area (Å²) in [4.78, 5) is 28.0. The number of amides is 1. The number of primary amides is 1. The van der Waals surface area contributed by atoms with Crippen LogP contribution in [-0.2, 0) is 0 Å². The summed E-state index contributed by atoms with van der Waals surface area (Å²) in [7, 11) is 0. The molecule has 8 nitrogen and oxygen atoms in total. The van der Waals surface area contributed by atoms with Crippen LogP contribution in [0.1, 0.15) is 48.7 Å². The third-order valence-corrected chi connectivity index (χ3v) is 5.55. The fraction of sp³-hybridized carbons (Fsp3) is 0.333. The van der Waals surface area contributed by atoms with Gasteiger partial charge in [0, 0.05) is 42.3 Å². The summed E-state index contributed by atoms with van der Waals surface area (Å²) >= 11 is 0. The number of nitrogens with zero attached hydrogens (tertiary/aromatic N) is 4. The molecule has 2 aromatic heterocycles. The Morgan fingerprint density at radius 1 is 1.19 bits per heavy atom. The van der Waals surface area contributed by atoms with Crippen LogP contribution in [0.25, 0.3) is 11.3 Å². The highest BCUT2D eigenvalue weighted by Gasteiger charge is 2.21. The van der Waals surface area contributed by atoms with Gasteiger partial charge in [-0.25, -0.2) is 4.98 Å². The van der Waals surface area contributed by atoms with Crippen LogP contribution in [0.5, 0.6) is 0 Å². The van der Waals surface area contributed by atoms with E-state index in [-0.39, 0.29) is 17.5 Å². The van der Waals surface area contributed by atoms with Gasteiger partial charge in [-0.05, 0) is 30.9 Å². The van der Waals surface area contributed by atoms with Crippen molar-refractivity contribution in [3.05, 3.63) is 59.9 Å². The zero-order valence-corrected chi connectivity index (χ0v) is 18.5. The van der Waals surface area contributed by atoms with Crippen molar-refractivity contribution in [3.8, 4) is 11.3 Å². The Bertz CT molecular complexity index is 1100. The van der Waals surface area contributed by atoms with Gasteiger partial charge in [0.1, 0.15) is 11.4 Å². The number of aromatic nitrogens is 3. The Hall–Kier alpha value is -3.52. The molecule has 3 heterocycles. The molecule has 1 aliphatic rings. The van der Waals surface area contributed by atoms with Crippen molar-refractivity contribution in [2.75, 3.05) is 23.3 Å². The minimum absolute atomic E-state index is 0.0850. The van der Waals surface area contributed by atoms with E-state index in [9.17, 15) is 4.79 Å². The third kappa shape index (κ3) is 4.86. The molecule has 0 bridgehead atoms. The lowest BCUT2D eigenvalue weighted by atomic mass is 10.1. The largest absolute Gasteiger partial charge is 0.365 e. The zero-order chi connectivity index (χ0) is 22.7. The quantitative estimate of drug-likeness (QED) is 0.546. The summed E-state index contributed by atoms with van der Waals surface area (Å²) in [5.41, 5.74) is 15.5. The standard InChI is InChI=1S/C24H29N7O/c1-15(2)20-11-18(12-21(29-20)16-7-4-3-5-8-16)28-23-19(22(26)32)13-27-24(30-23)31-10-6-9-17(25)14-31/h3-5,7-8,11-13,15,17H,6,9-10,14,25H2,1-2H3,(H2,26,32)(H,27,28,29,30). The highest BCUT2D eigenvalue weighted by Crippen LogP contribution is 2.28. The molecule has 1 saturated heterocycles. The normalized spacial score (nSPS) is 16.2. The number of hydrogen-bond donors (Lipinski definition) is 3. The molecule has 0 spiro atoms. The van der Waals surface area contributed by atoms with Crippen molar-refractivity contribution < 1.29 is 4.79 Å². The van der Waals surface area contributed by atoms with Crippen molar-refractivity contribution in [1.82, 2.24) is 15.0 Å². The van der Waals surface area contributed by atoms with E-state index in [1.54, 1.807) is 0 Å². The fourth-order valence-electron chi connectivity index (χ4n) is 3.81. The van der Waals surface area contributed by atoms with Crippen molar-refractivity contribution in [3.63, 3.8) is 0 Å². The summed E-state index contributed by atoms with van der Waals surface area (Å²) in [6.07, 6.45) is 3.45. The number of nitrogens with two attached hydrogens (primary N) is 2. The van der Waals surface area contributed by atoms with Gasteiger partial charge in [-0.3, -0.25) is 9.78 Å². The van der Waals surface area contributed by atoms with E-state index in [0.29, 0.717) is 18.3 Å². The smallest absolute Gasteiger partial charge is 0.254 e. The molecule has 1 amide bonds. The van der Waals surface area contributed by atoms with Gasteiger partial charge in [0.15, 0.2) is 0 Å². The van der Waals surface area contributed by atoms with Crippen LogP contribution in [0.4, 0.5) is 17.5 Å². The van der Waals surface area contributed by atoms with E-state index in [1.165, 1.54) is 6.20 Å². The average Bonchev–Trinajstić information content (AvgIpc) is 2.79. The van der Waals surface area contributed by atoms with Crippen molar-refractivity contribution in [2.45, 2.75) is 38.6 Å². The number of carbonyl (C=O) groups excluding carboxylic acids is 1. The molecule has 3 aromatic rings. The molecule has 0 radical (unpaired) electrons. The zero-order valence-electron chi connectivity index (χ0n) is 18.5. The molecule has 1 fully saturated rings. The van der Waals surface area contributed by atoms with E-state index in [4.69, 9.17) is 16.5 Å². The molecule has 166 valence electrons. The first-order valence-corrected chi connectivity index (χ1v) is 10.9. The van der Waals surface area contributed by atoms with Crippen LogP contribution in [0.15, 0.2) is 48.7 Å². The molecule has 1 aromatic carbocycles. The SMILES string of the molecule is CC(C)c1cc(Nc2nc(N3CCCC(N)C3)ncc2C(N)=O)cc(-c2ccccc2)n1. The number of benzene rings is 1. The van der Waals surface area contributed by atoms with Crippen molar-refractivity contribution in [2.24, 2.45) is 11.5 Å². The predicted molar refractivity (Wildman–Crippen MR) is 127 cm³/mol. The molecule has 0 saturated carbocycles. The van der Waals surface area contributed by atoms with Crippen LogP contribution in [0, 0.1) is 0 Å². The van der Waals surface area contributed by atoms with Crippen molar-refractivity contribution >= 4 is 23.4 Å². The molecule has 32 heavy (non-hydrogen) atoms. The monoisotopic (exact) mass is 431 g/mol. The van der Waals surface area contributed by atoms with Crippen LogP contribution < -0.4 is 21.7 Å². The minimum atomic E-state index is -0.587. The molecule has 1 unspecified atom stereocenters. The highest BCUT2D eigenvalue weighted by atomic mass is 16.1. The lowest BCUT2D eigenvalue weighted by Crippen LogP contribution is -2.43. The van der Waals surface area contributed by atoms with Gasteiger partial charge in [-0.15, -0.1) is 0 Å². The minimum Gasteiger partial charge on any atom is -0.365 e. The number of carbonyl (C=O) groups is 1. The first kappa shape index (κ1) is 21.7. The van der Waals surface area contributed by atoms with Gasteiger partial charge in [0.2, 0.25) is 5.95 Å². The maximum absolute atomic E-state index is 12.1. The first-order valence-electron chi connectivity index (χ1n) is 10.9. The Morgan fingerprint density at radius 3 is 2.66 bits per heavy atom. The van der Waals surface area contributed by atoms with E-state index < -0.39 is 5.91 Å². The van der Waals surface area contributed by atoms with Gasteiger partial charge < -0.3 is 21.7 Å². The molecular formula is C24H29N7O. The molecule has 1 atom stereocenters. The molecule has 0 aliphatic carbocycles. The number of hydrogen-bond acceptors (Lipinski definition) is 7. The number of nitrogens with one attached hydrogen (secondary N) is 1. The lowest BCUT2D eigenvalue weighted by molar-refractivity contribution is 0.100. The van der Waals surface area contributed by atoms with Gasteiger partial charge in [-0.2, -0.15) is 4.98 Å². The average molecular weight is 432 g/mol. The van der Waals surface area contributed by atoms with Crippen molar-refractivity contribution in [1.29, 1.82) is 0 Å². The second-order valence-electron chi connectivity index (χ2n) is 8.46.